The second-order valence-corrected chi connectivity index (χ2v) is 6.68. The maximum absolute atomic E-state index is 6.17. The van der Waals surface area contributed by atoms with Gasteiger partial charge in [-0.05, 0) is 63.1 Å². The molecule has 0 aliphatic carbocycles. The van der Waals surface area contributed by atoms with Crippen LogP contribution in [0.3, 0.4) is 0 Å². The van der Waals surface area contributed by atoms with Crippen molar-refractivity contribution in [3.63, 3.8) is 0 Å². The van der Waals surface area contributed by atoms with Gasteiger partial charge in [-0.1, -0.05) is 30.3 Å². The molecule has 0 saturated heterocycles. The number of rotatable bonds is 7. The van der Waals surface area contributed by atoms with Crippen LogP contribution >= 0.6 is 0 Å². The number of hydrogen-bond acceptors (Lipinski definition) is 2. The summed E-state index contributed by atoms with van der Waals surface area (Å²) in [6.45, 7) is 9.27. The van der Waals surface area contributed by atoms with E-state index in [9.17, 15) is 0 Å². The Balaban J connectivity index is 1.86. The highest BCUT2D eigenvalue weighted by atomic mass is 15.1. The average Bonchev–Trinajstić information content (AvgIpc) is 2.98. The van der Waals surface area contributed by atoms with E-state index in [2.05, 4.69) is 79.2 Å². The largest absolute Gasteiger partial charge is 0.372 e. The molecule has 3 N–H and O–H groups in total. The topological polar surface area (TPSA) is 45.0 Å². The van der Waals surface area contributed by atoms with E-state index in [-0.39, 0.29) is 0 Å². The van der Waals surface area contributed by atoms with Crippen molar-refractivity contribution in [2.24, 2.45) is 5.73 Å². The Morgan fingerprint density at radius 2 is 1.68 bits per heavy atom. The Kier molecular flexibility index (Phi) is 5.44. The second-order valence-electron chi connectivity index (χ2n) is 6.68. The average molecular weight is 335 g/mol. The van der Waals surface area contributed by atoms with Gasteiger partial charge in [-0.3, -0.25) is 0 Å². The first-order valence-corrected chi connectivity index (χ1v) is 9.29. The molecule has 0 radical (unpaired) electrons. The monoisotopic (exact) mass is 335 g/mol. The molecule has 1 unspecified atom stereocenters. The highest BCUT2D eigenvalue weighted by molar-refractivity contribution is 5.85. The molecule has 3 heteroatoms. The van der Waals surface area contributed by atoms with Gasteiger partial charge in [0.15, 0.2) is 0 Å². The predicted octanol–water partition coefficient (Wildman–Crippen LogP) is 4.61. The van der Waals surface area contributed by atoms with E-state index >= 15 is 0 Å². The van der Waals surface area contributed by atoms with Crippen LogP contribution in [0.1, 0.15) is 36.6 Å². The van der Waals surface area contributed by atoms with Gasteiger partial charge in [0.05, 0.1) is 0 Å². The molecule has 0 spiro atoms. The van der Waals surface area contributed by atoms with E-state index in [0.717, 1.165) is 19.5 Å². The van der Waals surface area contributed by atoms with Gasteiger partial charge in [0.1, 0.15) is 0 Å². The Morgan fingerprint density at radius 3 is 2.32 bits per heavy atom. The van der Waals surface area contributed by atoms with Crippen molar-refractivity contribution in [1.82, 2.24) is 4.98 Å². The van der Waals surface area contributed by atoms with Crippen LogP contribution in [-0.4, -0.2) is 24.6 Å². The van der Waals surface area contributed by atoms with Crippen molar-refractivity contribution >= 4 is 16.6 Å². The number of anilines is 1. The van der Waals surface area contributed by atoms with Crippen molar-refractivity contribution in [3.05, 3.63) is 65.4 Å². The first-order valence-electron chi connectivity index (χ1n) is 9.29. The SMILES string of the molecule is CCN(CC)c1ccc(CC(CN)c2c(C)[nH]c3ccccc23)cc1. The zero-order chi connectivity index (χ0) is 17.8. The molecule has 0 bridgehead atoms. The van der Waals surface area contributed by atoms with Gasteiger partial charge in [-0.25, -0.2) is 0 Å². The standard InChI is InChI=1S/C22H29N3/c1-4-25(5-2)19-12-10-17(11-13-19)14-18(15-23)22-16(3)24-21-9-7-6-8-20(21)22/h6-13,18,24H,4-5,14-15,23H2,1-3H3. The minimum atomic E-state index is 0.329. The summed E-state index contributed by atoms with van der Waals surface area (Å²) in [6.07, 6.45) is 0.970. The van der Waals surface area contributed by atoms with E-state index in [0.29, 0.717) is 12.5 Å². The van der Waals surface area contributed by atoms with Crippen molar-refractivity contribution in [1.29, 1.82) is 0 Å². The van der Waals surface area contributed by atoms with Crippen LogP contribution in [0.2, 0.25) is 0 Å². The van der Waals surface area contributed by atoms with Crippen LogP contribution in [0.5, 0.6) is 0 Å². The summed E-state index contributed by atoms with van der Waals surface area (Å²) in [6, 6.07) is 17.5. The molecule has 132 valence electrons. The number of H-pyrrole nitrogens is 1. The third kappa shape index (κ3) is 3.57. The third-order valence-corrected chi connectivity index (χ3v) is 5.18. The van der Waals surface area contributed by atoms with Gasteiger partial charge in [-0.2, -0.15) is 0 Å². The van der Waals surface area contributed by atoms with Gasteiger partial charge in [0.2, 0.25) is 0 Å². The van der Waals surface area contributed by atoms with Gasteiger partial charge in [0, 0.05) is 41.3 Å². The van der Waals surface area contributed by atoms with Gasteiger partial charge < -0.3 is 15.6 Å². The van der Waals surface area contributed by atoms with Crippen LogP contribution < -0.4 is 10.6 Å². The summed E-state index contributed by atoms with van der Waals surface area (Å²) in [4.78, 5) is 5.87. The van der Waals surface area contributed by atoms with E-state index in [1.165, 1.54) is 33.4 Å². The fraction of sp³-hybridized carbons (Fsp3) is 0.364. The lowest BCUT2D eigenvalue weighted by molar-refractivity contribution is 0.694. The molecular weight excluding hydrogens is 306 g/mol. The molecule has 2 aromatic carbocycles. The third-order valence-electron chi connectivity index (χ3n) is 5.18. The zero-order valence-electron chi connectivity index (χ0n) is 15.5. The molecule has 1 heterocycles. The maximum atomic E-state index is 6.17. The van der Waals surface area contributed by atoms with E-state index in [1.54, 1.807) is 0 Å². The quantitative estimate of drug-likeness (QED) is 0.662. The van der Waals surface area contributed by atoms with Crippen molar-refractivity contribution in [2.45, 2.75) is 33.1 Å². The fourth-order valence-corrected chi connectivity index (χ4v) is 3.84. The number of hydrogen-bond donors (Lipinski definition) is 2. The minimum absolute atomic E-state index is 0.329. The number of fused-ring (bicyclic) bond motifs is 1. The first kappa shape index (κ1) is 17.6. The van der Waals surface area contributed by atoms with E-state index in [1.807, 2.05) is 0 Å². The lowest BCUT2D eigenvalue weighted by Crippen LogP contribution is -2.21. The van der Waals surface area contributed by atoms with E-state index < -0.39 is 0 Å². The number of aryl methyl sites for hydroxylation is 1. The minimum Gasteiger partial charge on any atom is -0.372 e. The number of nitrogens with one attached hydrogen (secondary N) is 1. The van der Waals surface area contributed by atoms with Crippen LogP contribution in [0.4, 0.5) is 5.69 Å². The number of aromatic nitrogens is 1. The fourth-order valence-electron chi connectivity index (χ4n) is 3.84. The lowest BCUT2D eigenvalue weighted by atomic mass is 9.90. The molecule has 3 aromatic rings. The summed E-state index contributed by atoms with van der Waals surface area (Å²) < 4.78 is 0. The Hall–Kier alpha value is -2.26. The van der Waals surface area contributed by atoms with Crippen LogP contribution in [-0.2, 0) is 6.42 Å². The van der Waals surface area contributed by atoms with Crippen molar-refractivity contribution < 1.29 is 0 Å². The van der Waals surface area contributed by atoms with Crippen LogP contribution in [0.15, 0.2) is 48.5 Å². The summed E-state index contributed by atoms with van der Waals surface area (Å²) >= 11 is 0. The van der Waals surface area contributed by atoms with Crippen LogP contribution in [0, 0.1) is 6.92 Å². The molecule has 0 saturated carbocycles. The predicted molar refractivity (Wildman–Crippen MR) is 109 cm³/mol. The zero-order valence-corrected chi connectivity index (χ0v) is 15.5. The Morgan fingerprint density at radius 1 is 1.00 bits per heavy atom. The molecular formula is C22H29N3. The van der Waals surface area contributed by atoms with Gasteiger partial charge in [0.25, 0.3) is 0 Å². The smallest absolute Gasteiger partial charge is 0.0458 e. The number of aromatic amines is 1. The van der Waals surface area contributed by atoms with E-state index in [4.69, 9.17) is 5.73 Å². The molecule has 0 amide bonds. The molecule has 3 rings (SSSR count). The Labute approximate surface area is 150 Å². The molecule has 25 heavy (non-hydrogen) atoms. The summed E-state index contributed by atoms with van der Waals surface area (Å²) in [5, 5.41) is 1.30. The summed E-state index contributed by atoms with van der Waals surface area (Å²) in [5.74, 6) is 0.329. The second kappa shape index (κ2) is 7.75. The number of nitrogens with two attached hydrogens (primary N) is 1. The number of para-hydroxylation sites is 1. The number of benzene rings is 2. The first-order chi connectivity index (χ1) is 12.2. The highest BCUT2D eigenvalue weighted by Gasteiger charge is 2.18. The molecule has 0 aliphatic rings. The molecule has 0 aliphatic heterocycles. The highest BCUT2D eigenvalue weighted by Crippen LogP contribution is 2.31. The van der Waals surface area contributed by atoms with Crippen molar-refractivity contribution in [3.8, 4) is 0 Å². The summed E-state index contributed by atoms with van der Waals surface area (Å²) in [7, 11) is 0. The van der Waals surface area contributed by atoms with Crippen LogP contribution in [0.25, 0.3) is 10.9 Å². The maximum Gasteiger partial charge on any atom is 0.0458 e. The Bertz CT molecular complexity index is 813. The van der Waals surface area contributed by atoms with Crippen molar-refractivity contribution in [2.75, 3.05) is 24.5 Å². The van der Waals surface area contributed by atoms with Gasteiger partial charge in [-0.15, -0.1) is 0 Å². The normalized spacial score (nSPS) is 12.5. The molecule has 0 fully saturated rings. The number of nitrogens with zero attached hydrogens (tertiary/aromatic N) is 1. The summed E-state index contributed by atoms with van der Waals surface area (Å²) in [5.41, 5.74) is 12.6. The molecule has 1 atom stereocenters. The molecule has 1 aromatic heterocycles. The lowest BCUT2D eigenvalue weighted by Gasteiger charge is -2.22. The molecule has 3 nitrogen and oxygen atoms in total. The van der Waals surface area contributed by atoms with Gasteiger partial charge >= 0.3 is 0 Å².